The highest BCUT2D eigenvalue weighted by atomic mass is 32.2. The van der Waals surface area contributed by atoms with Crippen molar-refractivity contribution in [1.29, 1.82) is 0 Å². The largest absolute Gasteiger partial charge is 0.328 e. The maximum absolute atomic E-state index is 13.3. The first-order valence-corrected chi connectivity index (χ1v) is 11.6. The number of aromatic nitrogens is 3. The van der Waals surface area contributed by atoms with Crippen LogP contribution >= 0.6 is 0 Å². The van der Waals surface area contributed by atoms with E-state index in [1.54, 1.807) is 30.9 Å². The first kappa shape index (κ1) is 20.5. The van der Waals surface area contributed by atoms with Crippen LogP contribution in [-0.2, 0) is 10.0 Å². The first-order chi connectivity index (χ1) is 14.5. The van der Waals surface area contributed by atoms with Crippen LogP contribution in [0.25, 0.3) is 5.65 Å². The van der Waals surface area contributed by atoms with Gasteiger partial charge in [0.05, 0.1) is 10.9 Å². The molecule has 1 amide bonds. The lowest BCUT2D eigenvalue weighted by molar-refractivity contribution is 0.0729. The zero-order valence-corrected chi connectivity index (χ0v) is 17.9. The van der Waals surface area contributed by atoms with Gasteiger partial charge in [-0.1, -0.05) is 26.0 Å². The van der Waals surface area contributed by atoms with E-state index in [1.165, 1.54) is 16.4 Å². The first-order valence-electron chi connectivity index (χ1n) is 10.2. The lowest BCUT2D eigenvalue weighted by Crippen LogP contribution is -2.32. The van der Waals surface area contributed by atoms with Crippen molar-refractivity contribution < 1.29 is 13.2 Å². The number of carbonyl (C=O) groups excluding carboxylic acids is 1. The van der Waals surface area contributed by atoms with Gasteiger partial charge in [-0.3, -0.25) is 9.20 Å². The molecule has 1 fully saturated rings. The van der Waals surface area contributed by atoms with Gasteiger partial charge in [0.25, 0.3) is 5.91 Å². The molecule has 3 aromatic rings. The molecule has 1 aromatic carbocycles. The van der Waals surface area contributed by atoms with Gasteiger partial charge in [-0.15, -0.1) is 10.2 Å². The van der Waals surface area contributed by atoms with Gasteiger partial charge in [-0.2, -0.15) is 4.31 Å². The lowest BCUT2D eigenvalue weighted by Gasteiger charge is -2.24. The van der Waals surface area contributed by atoms with E-state index < -0.39 is 10.0 Å². The zero-order chi connectivity index (χ0) is 21.3. The summed E-state index contributed by atoms with van der Waals surface area (Å²) in [6, 6.07) is 11.8. The van der Waals surface area contributed by atoms with Crippen molar-refractivity contribution in [2.24, 2.45) is 0 Å². The van der Waals surface area contributed by atoms with Crippen LogP contribution in [0.5, 0.6) is 0 Å². The van der Waals surface area contributed by atoms with E-state index in [1.807, 2.05) is 28.8 Å². The van der Waals surface area contributed by atoms with Crippen LogP contribution in [0.1, 0.15) is 48.9 Å². The molecule has 0 radical (unpaired) electrons. The summed E-state index contributed by atoms with van der Waals surface area (Å²) in [5.74, 6) is 0.533. The van der Waals surface area contributed by atoms with E-state index in [0.717, 1.165) is 24.3 Å². The van der Waals surface area contributed by atoms with Gasteiger partial charge in [0.2, 0.25) is 10.0 Å². The van der Waals surface area contributed by atoms with E-state index >= 15 is 0 Å². The molecule has 0 bridgehead atoms. The maximum Gasteiger partial charge on any atom is 0.254 e. The van der Waals surface area contributed by atoms with Crippen LogP contribution in [0, 0.1) is 0 Å². The number of hydrogen-bond donors (Lipinski definition) is 0. The molecule has 30 heavy (non-hydrogen) atoms. The number of benzene rings is 1. The fourth-order valence-electron chi connectivity index (χ4n) is 4.03. The molecule has 1 unspecified atom stereocenters. The molecule has 2 aromatic heterocycles. The third-order valence-electron chi connectivity index (χ3n) is 5.58. The summed E-state index contributed by atoms with van der Waals surface area (Å²) in [6.07, 6.45) is 3.54. The van der Waals surface area contributed by atoms with Crippen molar-refractivity contribution in [3.05, 3.63) is 60.0 Å². The van der Waals surface area contributed by atoms with E-state index in [-0.39, 0.29) is 16.8 Å². The molecule has 4 rings (SSSR count). The molecule has 1 atom stereocenters. The fraction of sp³-hybridized carbons (Fsp3) is 0.381. The minimum absolute atomic E-state index is 0.140. The Hall–Kier alpha value is -2.78. The molecule has 158 valence electrons. The Morgan fingerprint density at radius 2 is 1.93 bits per heavy atom. The van der Waals surface area contributed by atoms with Crippen LogP contribution in [0.3, 0.4) is 0 Å². The Labute approximate surface area is 176 Å². The molecule has 0 spiro atoms. The predicted octanol–water partition coefficient (Wildman–Crippen LogP) is 2.74. The number of fused-ring (bicyclic) bond motifs is 1. The van der Waals surface area contributed by atoms with Gasteiger partial charge < -0.3 is 4.90 Å². The second-order valence-corrected chi connectivity index (χ2v) is 9.20. The van der Waals surface area contributed by atoms with Crippen LogP contribution < -0.4 is 0 Å². The monoisotopic (exact) mass is 427 g/mol. The summed E-state index contributed by atoms with van der Waals surface area (Å²) in [6.45, 7) is 4.95. The molecular weight excluding hydrogens is 402 g/mol. The molecule has 0 N–H and O–H groups in total. The molecule has 1 aliphatic heterocycles. The predicted molar refractivity (Wildman–Crippen MR) is 113 cm³/mol. The summed E-state index contributed by atoms with van der Waals surface area (Å²) in [5, 5.41) is 8.53. The number of carbonyl (C=O) groups is 1. The number of amides is 1. The van der Waals surface area contributed by atoms with Gasteiger partial charge in [0.15, 0.2) is 11.5 Å². The third kappa shape index (κ3) is 3.48. The van der Waals surface area contributed by atoms with Crippen molar-refractivity contribution >= 4 is 21.6 Å². The average Bonchev–Trinajstić information content (AvgIpc) is 3.40. The molecule has 0 aliphatic carbocycles. The van der Waals surface area contributed by atoms with E-state index in [2.05, 4.69) is 10.2 Å². The van der Waals surface area contributed by atoms with Crippen LogP contribution in [0.4, 0.5) is 0 Å². The van der Waals surface area contributed by atoms with E-state index in [0.29, 0.717) is 25.2 Å². The molecule has 8 nitrogen and oxygen atoms in total. The van der Waals surface area contributed by atoms with Crippen molar-refractivity contribution in [2.45, 2.75) is 37.6 Å². The summed E-state index contributed by atoms with van der Waals surface area (Å²) in [7, 11) is -3.63. The Kier molecular flexibility index (Phi) is 5.57. The number of rotatable bonds is 6. The van der Waals surface area contributed by atoms with Crippen molar-refractivity contribution in [3.63, 3.8) is 0 Å². The summed E-state index contributed by atoms with van der Waals surface area (Å²) < 4.78 is 29.0. The number of nitrogens with zero attached hydrogens (tertiary/aromatic N) is 5. The zero-order valence-electron chi connectivity index (χ0n) is 17.1. The standard InChI is InChI=1S/C21H25N5O3S/c1-3-24(4-2)30(28,29)17-10-7-9-16(15-17)21(27)25-14-8-11-18(25)20-23-22-19-12-5-6-13-26(19)20/h5-7,9-10,12-13,15,18H,3-4,8,11,14H2,1-2H3. The third-order valence-corrected chi connectivity index (χ3v) is 7.62. The van der Waals surface area contributed by atoms with Gasteiger partial charge in [-0.25, -0.2) is 8.42 Å². The van der Waals surface area contributed by atoms with Crippen molar-refractivity contribution in [2.75, 3.05) is 19.6 Å². The van der Waals surface area contributed by atoms with E-state index in [9.17, 15) is 13.2 Å². The van der Waals surface area contributed by atoms with Crippen LogP contribution in [0.15, 0.2) is 53.6 Å². The van der Waals surface area contributed by atoms with E-state index in [4.69, 9.17) is 0 Å². The smallest absolute Gasteiger partial charge is 0.254 e. The van der Waals surface area contributed by atoms with Crippen molar-refractivity contribution in [3.8, 4) is 0 Å². The highest BCUT2D eigenvalue weighted by Crippen LogP contribution is 2.32. The Bertz CT molecular complexity index is 1170. The molecule has 0 saturated carbocycles. The van der Waals surface area contributed by atoms with Gasteiger partial charge in [0, 0.05) is 31.4 Å². The van der Waals surface area contributed by atoms with Gasteiger partial charge in [-0.05, 0) is 43.2 Å². The highest BCUT2D eigenvalue weighted by molar-refractivity contribution is 7.89. The Morgan fingerprint density at radius 3 is 2.70 bits per heavy atom. The van der Waals surface area contributed by atoms with Crippen LogP contribution in [0.2, 0.25) is 0 Å². The second kappa shape index (κ2) is 8.16. The second-order valence-electron chi connectivity index (χ2n) is 7.26. The van der Waals surface area contributed by atoms with Gasteiger partial charge in [0.1, 0.15) is 0 Å². The fourth-order valence-corrected chi connectivity index (χ4v) is 5.54. The molecule has 3 heterocycles. The molecular formula is C21H25N5O3S. The Balaban J connectivity index is 1.66. The topological polar surface area (TPSA) is 87.9 Å². The maximum atomic E-state index is 13.3. The molecule has 1 aliphatic rings. The summed E-state index contributed by atoms with van der Waals surface area (Å²) >= 11 is 0. The minimum atomic E-state index is -3.63. The summed E-state index contributed by atoms with van der Waals surface area (Å²) in [4.78, 5) is 15.2. The SMILES string of the molecule is CCN(CC)S(=O)(=O)c1cccc(C(=O)N2CCCC2c2nnc3ccccn23)c1. The van der Waals surface area contributed by atoms with Gasteiger partial charge >= 0.3 is 0 Å². The number of hydrogen-bond acceptors (Lipinski definition) is 5. The normalized spacial score (nSPS) is 17.2. The number of pyridine rings is 1. The quantitative estimate of drug-likeness (QED) is 0.604. The summed E-state index contributed by atoms with van der Waals surface area (Å²) in [5.41, 5.74) is 1.10. The highest BCUT2D eigenvalue weighted by Gasteiger charge is 2.34. The minimum Gasteiger partial charge on any atom is -0.328 e. The number of sulfonamides is 1. The van der Waals surface area contributed by atoms with Crippen LogP contribution in [-0.4, -0.2) is 57.8 Å². The Morgan fingerprint density at radius 1 is 1.13 bits per heavy atom. The molecule has 1 saturated heterocycles. The number of likely N-dealkylation sites (tertiary alicyclic amines) is 1. The average molecular weight is 428 g/mol. The molecule has 9 heteroatoms. The lowest BCUT2D eigenvalue weighted by atomic mass is 10.1. The van der Waals surface area contributed by atoms with Crippen molar-refractivity contribution in [1.82, 2.24) is 23.8 Å².